The molecule has 0 aromatic heterocycles. The maximum Gasteiger partial charge on any atom is 0.315 e. The quantitative estimate of drug-likeness (QED) is 0.464. The van der Waals surface area contributed by atoms with E-state index < -0.39 is 5.97 Å². The smallest absolute Gasteiger partial charge is 0.315 e. The monoisotopic (exact) mass is 312 g/mol. The lowest BCUT2D eigenvalue weighted by Gasteiger charge is -2.10. The molecule has 0 bridgehead atoms. The molecule has 2 aromatic carbocycles. The van der Waals surface area contributed by atoms with Gasteiger partial charge in [-0.3, -0.25) is 9.59 Å². The Morgan fingerprint density at radius 3 is 2.30 bits per heavy atom. The first-order valence-electron chi connectivity index (χ1n) is 7.51. The summed E-state index contributed by atoms with van der Waals surface area (Å²) in [6.07, 6.45) is 0.975. The van der Waals surface area contributed by atoms with Crippen LogP contribution in [0.5, 0.6) is 11.5 Å². The summed E-state index contributed by atoms with van der Waals surface area (Å²) >= 11 is 0. The summed E-state index contributed by atoms with van der Waals surface area (Å²) in [5.41, 5.74) is 2.36. The molecule has 120 valence electrons. The third-order valence-corrected chi connectivity index (χ3v) is 3.59. The Hall–Kier alpha value is -2.62. The van der Waals surface area contributed by atoms with E-state index in [1.54, 1.807) is 30.3 Å². The number of Topliss-reactive ketones (excluding diaryl/α,β-unsaturated/α-hetero) is 1. The molecule has 0 amide bonds. The average Bonchev–Trinajstić information content (AvgIpc) is 2.55. The van der Waals surface area contributed by atoms with Gasteiger partial charge in [-0.15, -0.1) is 0 Å². The molecule has 0 atom stereocenters. The molecule has 0 aliphatic carbocycles. The second-order valence-corrected chi connectivity index (χ2v) is 5.23. The summed E-state index contributed by atoms with van der Waals surface area (Å²) in [7, 11) is 1.53. The Balaban J connectivity index is 2.12. The number of carbonyl (C=O) groups is 2. The molecule has 0 aliphatic heterocycles. The van der Waals surface area contributed by atoms with Crippen molar-refractivity contribution >= 4 is 11.8 Å². The van der Waals surface area contributed by atoms with Crippen LogP contribution in [0.25, 0.3) is 0 Å². The van der Waals surface area contributed by atoms with Gasteiger partial charge in [0.1, 0.15) is 11.5 Å². The first kappa shape index (κ1) is 16.7. The third kappa shape index (κ3) is 4.42. The minimum atomic E-state index is -0.395. The van der Waals surface area contributed by atoms with Crippen LogP contribution in [0.2, 0.25) is 0 Å². The summed E-state index contributed by atoms with van der Waals surface area (Å²) in [4.78, 5) is 23.6. The van der Waals surface area contributed by atoms with Crippen molar-refractivity contribution in [2.75, 3.05) is 7.11 Å². The zero-order chi connectivity index (χ0) is 16.8. The maximum atomic E-state index is 12.1. The molecule has 0 N–H and O–H groups in total. The van der Waals surface area contributed by atoms with E-state index in [0.29, 0.717) is 22.6 Å². The van der Waals surface area contributed by atoms with Crippen molar-refractivity contribution in [1.29, 1.82) is 0 Å². The van der Waals surface area contributed by atoms with Crippen LogP contribution < -0.4 is 9.47 Å². The lowest BCUT2D eigenvalue weighted by atomic mass is 10.0. The van der Waals surface area contributed by atoms with Crippen LogP contribution in [0.4, 0.5) is 0 Å². The standard InChI is InChI=1S/C19H20O4/c1-4-14-5-8-17(9-6-14)23-19(21)12-16-11-15(13(2)20)7-10-18(16)22-3/h5-11H,4,12H2,1-3H3. The van der Waals surface area contributed by atoms with Crippen molar-refractivity contribution in [2.24, 2.45) is 0 Å². The van der Waals surface area contributed by atoms with Crippen LogP contribution in [0.3, 0.4) is 0 Å². The van der Waals surface area contributed by atoms with E-state index in [1.807, 2.05) is 12.1 Å². The Labute approximate surface area is 136 Å². The topological polar surface area (TPSA) is 52.6 Å². The highest BCUT2D eigenvalue weighted by Gasteiger charge is 2.13. The molecule has 0 heterocycles. The van der Waals surface area contributed by atoms with E-state index in [-0.39, 0.29) is 12.2 Å². The number of carbonyl (C=O) groups excluding carboxylic acids is 2. The van der Waals surface area contributed by atoms with Crippen molar-refractivity contribution in [3.8, 4) is 11.5 Å². The van der Waals surface area contributed by atoms with Gasteiger partial charge < -0.3 is 9.47 Å². The molecule has 0 aliphatic rings. The zero-order valence-electron chi connectivity index (χ0n) is 13.6. The fourth-order valence-electron chi connectivity index (χ4n) is 2.25. The van der Waals surface area contributed by atoms with Gasteiger partial charge >= 0.3 is 5.97 Å². The highest BCUT2D eigenvalue weighted by Crippen LogP contribution is 2.22. The Bertz CT molecular complexity index is 702. The molecule has 4 heteroatoms. The molecule has 0 saturated carbocycles. The summed E-state index contributed by atoms with van der Waals surface area (Å²) in [6.45, 7) is 3.55. The van der Waals surface area contributed by atoms with Crippen molar-refractivity contribution in [1.82, 2.24) is 0 Å². The predicted molar refractivity (Wildman–Crippen MR) is 88.2 cm³/mol. The fourth-order valence-corrected chi connectivity index (χ4v) is 2.25. The first-order valence-corrected chi connectivity index (χ1v) is 7.51. The van der Waals surface area contributed by atoms with Gasteiger partial charge in [-0.05, 0) is 49.2 Å². The lowest BCUT2D eigenvalue weighted by Crippen LogP contribution is -2.12. The number of aryl methyl sites for hydroxylation is 1. The van der Waals surface area contributed by atoms with Crippen LogP contribution in [-0.2, 0) is 17.6 Å². The first-order chi connectivity index (χ1) is 11.0. The van der Waals surface area contributed by atoms with Crippen LogP contribution >= 0.6 is 0 Å². The minimum absolute atomic E-state index is 0.0415. The Morgan fingerprint density at radius 2 is 1.74 bits per heavy atom. The molecule has 4 nitrogen and oxygen atoms in total. The predicted octanol–water partition coefficient (Wildman–Crippen LogP) is 3.61. The highest BCUT2D eigenvalue weighted by atomic mass is 16.5. The number of hydrogen-bond acceptors (Lipinski definition) is 4. The average molecular weight is 312 g/mol. The summed E-state index contributed by atoms with van der Waals surface area (Å²) < 4.78 is 10.6. The number of ketones is 1. The lowest BCUT2D eigenvalue weighted by molar-refractivity contribution is -0.133. The Morgan fingerprint density at radius 1 is 1.04 bits per heavy atom. The van der Waals surface area contributed by atoms with Crippen molar-refractivity contribution < 1.29 is 19.1 Å². The van der Waals surface area contributed by atoms with Crippen molar-refractivity contribution in [3.63, 3.8) is 0 Å². The minimum Gasteiger partial charge on any atom is -0.496 e. The van der Waals surface area contributed by atoms with Gasteiger partial charge in [-0.1, -0.05) is 19.1 Å². The molecule has 0 spiro atoms. The maximum absolute atomic E-state index is 12.1. The number of methoxy groups -OCH3 is 1. The van der Waals surface area contributed by atoms with E-state index in [0.717, 1.165) is 6.42 Å². The summed E-state index contributed by atoms with van der Waals surface area (Å²) in [5.74, 6) is 0.618. The van der Waals surface area contributed by atoms with E-state index in [9.17, 15) is 9.59 Å². The van der Waals surface area contributed by atoms with Crippen LogP contribution in [0, 0.1) is 0 Å². The van der Waals surface area contributed by atoms with Gasteiger partial charge in [0.05, 0.1) is 13.5 Å². The number of esters is 1. The van der Waals surface area contributed by atoms with Crippen LogP contribution in [-0.4, -0.2) is 18.9 Å². The van der Waals surface area contributed by atoms with Gasteiger partial charge in [0, 0.05) is 11.1 Å². The number of benzene rings is 2. The molecule has 0 radical (unpaired) electrons. The molecule has 2 aromatic rings. The van der Waals surface area contributed by atoms with E-state index in [1.165, 1.54) is 19.6 Å². The van der Waals surface area contributed by atoms with Gasteiger partial charge in [0.25, 0.3) is 0 Å². The number of rotatable bonds is 6. The third-order valence-electron chi connectivity index (χ3n) is 3.59. The Kier molecular flexibility index (Phi) is 5.52. The molecule has 0 unspecified atom stereocenters. The van der Waals surface area contributed by atoms with Gasteiger partial charge in [-0.2, -0.15) is 0 Å². The largest absolute Gasteiger partial charge is 0.496 e. The molecule has 2 rings (SSSR count). The summed E-state index contributed by atoms with van der Waals surface area (Å²) in [6, 6.07) is 12.5. The van der Waals surface area contributed by atoms with E-state index in [4.69, 9.17) is 9.47 Å². The molecule has 0 fully saturated rings. The second-order valence-electron chi connectivity index (χ2n) is 5.23. The van der Waals surface area contributed by atoms with Gasteiger partial charge in [0.2, 0.25) is 0 Å². The number of ether oxygens (including phenoxy) is 2. The molecule has 0 saturated heterocycles. The summed E-state index contributed by atoms with van der Waals surface area (Å²) in [5, 5.41) is 0. The zero-order valence-corrected chi connectivity index (χ0v) is 13.6. The normalized spacial score (nSPS) is 10.2. The van der Waals surface area contributed by atoms with Crippen molar-refractivity contribution in [2.45, 2.75) is 26.7 Å². The second kappa shape index (κ2) is 7.58. The number of hydrogen-bond donors (Lipinski definition) is 0. The van der Waals surface area contributed by atoms with Gasteiger partial charge in [-0.25, -0.2) is 0 Å². The van der Waals surface area contributed by atoms with Crippen LogP contribution in [0.1, 0.15) is 35.3 Å². The molecule has 23 heavy (non-hydrogen) atoms. The SMILES string of the molecule is CCc1ccc(OC(=O)Cc2cc(C(C)=O)ccc2OC)cc1. The highest BCUT2D eigenvalue weighted by molar-refractivity contribution is 5.94. The van der Waals surface area contributed by atoms with Gasteiger partial charge in [0.15, 0.2) is 5.78 Å². The van der Waals surface area contributed by atoms with Crippen molar-refractivity contribution in [3.05, 3.63) is 59.2 Å². The molecular formula is C19H20O4. The molecular weight excluding hydrogens is 292 g/mol. The van der Waals surface area contributed by atoms with E-state index >= 15 is 0 Å². The van der Waals surface area contributed by atoms with E-state index in [2.05, 4.69) is 6.92 Å². The van der Waals surface area contributed by atoms with Crippen LogP contribution in [0.15, 0.2) is 42.5 Å². The fraction of sp³-hybridized carbons (Fsp3) is 0.263.